The third kappa shape index (κ3) is 3.19. The van der Waals surface area contributed by atoms with Crippen molar-refractivity contribution >= 4 is 23.2 Å². The summed E-state index contributed by atoms with van der Waals surface area (Å²) in [4.78, 5) is 15.4. The molecule has 0 aromatic carbocycles. The first-order valence-corrected chi connectivity index (χ1v) is 4.80. The molecule has 1 N–H and O–H groups in total. The lowest BCUT2D eigenvalue weighted by atomic mass is 10.2. The molecule has 0 aromatic rings. The van der Waals surface area contributed by atoms with E-state index in [9.17, 15) is 4.79 Å². The summed E-state index contributed by atoms with van der Waals surface area (Å²) in [7, 11) is 0. The van der Waals surface area contributed by atoms with Crippen LogP contribution >= 0.6 is 11.6 Å². The third-order valence-electron chi connectivity index (χ3n) is 1.69. The number of hydrogen-bond donors (Lipinski definition) is 1. The Bertz CT molecular complexity index is 258. The van der Waals surface area contributed by atoms with Gasteiger partial charge in [0.25, 0.3) is 5.91 Å². The van der Waals surface area contributed by atoms with Crippen molar-refractivity contribution in [2.45, 2.75) is 19.8 Å². The first-order valence-electron chi connectivity index (χ1n) is 4.42. The molecule has 0 saturated heterocycles. The zero-order chi connectivity index (χ0) is 9.68. The SMILES string of the molecule is CCCNC(=O)C1=NCCC(Cl)=C1. The summed E-state index contributed by atoms with van der Waals surface area (Å²) in [5, 5.41) is 3.45. The fourth-order valence-corrected chi connectivity index (χ4v) is 1.20. The molecule has 0 aliphatic carbocycles. The topological polar surface area (TPSA) is 41.5 Å². The van der Waals surface area contributed by atoms with Gasteiger partial charge in [0.05, 0.1) is 0 Å². The molecule has 72 valence electrons. The van der Waals surface area contributed by atoms with Crippen LogP contribution in [0.2, 0.25) is 0 Å². The van der Waals surface area contributed by atoms with E-state index in [0.29, 0.717) is 23.8 Å². The van der Waals surface area contributed by atoms with Gasteiger partial charge in [0.2, 0.25) is 0 Å². The van der Waals surface area contributed by atoms with Crippen molar-refractivity contribution in [2.75, 3.05) is 13.1 Å². The molecular weight excluding hydrogens is 188 g/mol. The Morgan fingerprint density at radius 1 is 1.77 bits per heavy atom. The molecule has 1 amide bonds. The fourth-order valence-electron chi connectivity index (χ4n) is 1.02. The van der Waals surface area contributed by atoms with E-state index in [4.69, 9.17) is 11.6 Å². The number of nitrogens with one attached hydrogen (secondary N) is 1. The molecule has 4 heteroatoms. The minimum Gasteiger partial charge on any atom is -0.351 e. The van der Waals surface area contributed by atoms with Gasteiger partial charge in [0, 0.05) is 24.5 Å². The number of aliphatic imine (C=N–C) groups is 1. The fraction of sp³-hybridized carbons (Fsp3) is 0.556. The van der Waals surface area contributed by atoms with Crippen molar-refractivity contribution in [3.05, 3.63) is 11.1 Å². The number of nitrogens with zero attached hydrogens (tertiary/aromatic N) is 1. The monoisotopic (exact) mass is 200 g/mol. The van der Waals surface area contributed by atoms with E-state index in [0.717, 1.165) is 12.8 Å². The minimum atomic E-state index is -0.125. The van der Waals surface area contributed by atoms with Crippen LogP contribution in [0.25, 0.3) is 0 Å². The first kappa shape index (κ1) is 10.3. The number of rotatable bonds is 3. The summed E-state index contributed by atoms with van der Waals surface area (Å²) < 4.78 is 0. The molecule has 0 saturated carbocycles. The highest BCUT2D eigenvalue weighted by Crippen LogP contribution is 2.11. The number of hydrogen-bond acceptors (Lipinski definition) is 2. The molecule has 1 rings (SSSR count). The Kier molecular flexibility index (Phi) is 3.96. The van der Waals surface area contributed by atoms with E-state index >= 15 is 0 Å². The largest absolute Gasteiger partial charge is 0.351 e. The highest BCUT2D eigenvalue weighted by atomic mass is 35.5. The quantitative estimate of drug-likeness (QED) is 0.737. The van der Waals surface area contributed by atoms with Crippen LogP contribution in [0.4, 0.5) is 0 Å². The van der Waals surface area contributed by atoms with Crippen LogP contribution < -0.4 is 5.32 Å². The van der Waals surface area contributed by atoms with Gasteiger partial charge in [-0.25, -0.2) is 0 Å². The number of amides is 1. The molecule has 1 heterocycles. The molecule has 0 fully saturated rings. The van der Waals surface area contributed by atoms with Gasteiger partial charge in [-0.1, -0.05) is 18.5 Å². The Labute approximate surface area is 82.9 Å². The summed E-state index contributed by atoms with van der Waals surface area (Å²) in [6.45, 7) is 3.30. The molecule has 0 atom stereocenters. The van der Waals surface area contributed by atoms with E-state index in [1.807, 2.05) is 6.92 Å². The zero-order valence-electron chi connectivity index (χ0n) is 7.64. The molecule has 0 spiro atoms. The van der Waals surface area contributed by atoms with Gasteiger partial charge in [0.15, 0.2) is 0 Å². The summed E-state index contributed by atoms with van der Waals surface area (Å²) in [5.41, 5.74) is 0.449. The van der Waals surface area contributed by atoms with Crippen LogP contribution in [0.5, 0.6) is 0 Å². The predicted octanol–water partition coefficient (Wildman–Crippen LogP) is 1.48. The van der Waals surface area contributed by atoms with Gasteiger partial charge in [-0.3, -0.25) is 9.79 Å². The second-order valence-electron chi connectivity index (χ2n) is 2.86. The number of carbonyl (C=O) groups excluding carboxylic acids is 1. The van der Waals surface area contributed by atoms with Gasteiger partial charge in [0.1, 0.15) is 5.71 Å². The van der Waals surface area contributed by atoms with Gasteiger partial charge in [-0.2, -0.15) is 0 Å². The lowest BCUT2D eigenvalue weighted by molar-refractivity contribution is -0.114. The molecule has 0 unspecified atom stereocenters. The number of dihydropyridines is 1. The van der Waals surface area contributed by atoms with E-state index in [1.54, 1.807) is 6.08 Å². The Morgan fingerprint density at radius 2 is 2.54 bits per heavy atom. The molecule has 13 heavy (non-hydrogen) atoms. The molecule has 0 radical (unpaired) electrons. The Hall–Kier alpha value is -0.830. The second kappa shape index (κ2) is 5.02. The third-order valence-corrected chi connectivity index (χ3v) is 1.99. The average Bonchev–Trinajstić information content (AvgIpc) is 2.14. The lowest BCUT2D eigenvalue weighted by Crippen LogP contribution is -2.31. The maximum atomic E-state index is 11.4. The highest BCUT2D eigenvalue weighted by molar-refractivity contribution is 6.46. The van der Waals surface area contributed by atoms with Crippen LogP contribution in [0.15, 0.2) is 16.1 Å². The number of halogens is 1. The molecule has 0 bridgehead atoms. The first-order chi connectivity index (χ1) is 6.24. The van der Waals surface area contributed by atoms with Crippen LogP contribution in [0, 0.1) is 0 Å². The maximum absolute atomic E-state index is 11.4. The summed E-state index contributed by atoms with van der Waals surface area (Å²) >= 11 is 5.79. The highest BCUT2D eigenvalue weighted by Gasteiger charge is 2.11. The average molecular weight is 201 g/mol. The standard InChI is InChI=1S/C9H13ClN2O/c1-2-4-12-9(13)8-6-7(10)3-5-11-8/h6H,2-5H2,1H3,(H,12,13). The maximum Gasteiger partial charge on any atom is 0.269 e. The minimum absolute atomic E-state index is 0.125. The Balaban J connectivity index is 2.52. The predicted molar refractivity (Wildman–Crippen MR) is 54.2 cm³/mol. The summed E-state index contributed by atoms with van der Waals surface area (Å²) in [6, 6.07) is 0. The summed E-state index contributed by atoms with van der Waals surface area (Å²) in [5.74, 6) is -0.125. The van der Waals surface area contributed by atoms with Crippen LogP contribution in [-0.4, -0.2) is 24.7 Å². The van der Waals surface area contributed by atoms with Crippen LogP contribution in [-0.2, 0) is 4.79 Å². The normalized spacial score (nSPS) is 16.2. The van der Waals surface area contributed by atoms with Crippen molar-refractivity contribution in [1.29, 1.82) is 0 Å². The Morgan fingerprint density at radius 3 is 3.15 bits per heavy atom. The van der Waals surface area contributed by atoms with Crippen LogP contribution in [0.1, 0.15) is 19.8 Å². The molecule has 1 aliphatic rings. The molecule has 1 aliphatic heterocycles. The van der Waals surface area contributed by atoms with Crippen molar-refractivity contribution in [3.8, 4) is 0 Å². The van der Waals surface area contributed by atoms with Crippen molar-refractivity contribution in [3.63, 3.8) is 0 Å². The van der Waals surface area contributed by atoms with E-state index in [1.165, 1.54) is 0 Å². The molecular formula is C9H13ClN2O. The van der Waals surface area contributed by atoms with E-state index in [2.05, 4.69) is 10.3 Å². The van der Waals surface area contributed by atoms with Crippen molar-refractivity contribution in [1.82, 2.24) is 5.32 Å². The van der Waals surface area contributed by atoms with E-state index < -0.39 is 0 Å². The van der Waals surface area contributed by atoms with Gasteiger partial charge in [-0.15, -0.1) is 0 Å². The zero-order valence-corrected chi connectivity index (χ0v) is 8.40. The van der Waals surface area contributed by atoms with E-state index in [-0.39, 0.29) is 5.91 Å². The van der Waals surface area contributed by atoms with Crippen LogP contribution in [0.3, 0.4) is 0 Å². The molecule has 3 nitrogen and oxygen atoms in total. The summed E-state index contributed by atoms with van der Waals surface area (Å²) in [6.07, 6.45) is 3.30. The smallest absolute Gasteiger partial charge is 0.269 e. The lowest BCUT2D eigenvalue weighted by Gasteiger charge is -2.08. The molecule has 0 aromatic heterocycles. The van der Waals surface area contributed by atoms with Crippen molar-refractivity contribution < 1.29 is 4.79 Å². The van der Waals surface area contributed by atoms with Gasteiger partial charge < -0.3 is 5.32 Å². The van der Waals surface area contributed by atoms with Crippen molar-refractivity contribution in [2.24, 2.45) is 4.99 Å². The number of carbonyl (C=O) groups is 1. The van der Waals surface area contributed by atoms with Gasteiger partial charge in [-0.05, 0) is 12.5 Å². The van der Waals surface area contributed by atoms with Gasteiger partial charge >= 0.3 is 0 Å². The second-order valence-corrected chi connectivity index (χ2v) is 3.35.